The molecular weight excluding hydrogens is 321 g/mol. The van der Waals surface area contributed by atoms with Crippen LogP contribution >= 0.6 is 0 Å². The number of benzene rings is 2. The molecule has 0 aliphatic rings. The third kappa shape index (κ3) is 6.35. The zero-order valence-corrected chi connectivity index (χ0v) is 13.5. The molecule has 0 unspecified atom stereocenters. The Balaban J connectivity index is 1.97. The smallest absolute Gasteiger partial charge is 0.330 e. The Morgan fingerprint density at radius 3 is 2.28 bits per heavy atom. The maximum Gasteiger partial charge on any atom is 0.330 e. The minimum atomic E-state index is -1.03. The lowest BCUT2D eigenvalue weighted by Crippen LogP contribution is -2.12. The zero-order chi connectivity index (χ0) is 18.1. The van der Waals surface area contributed by atoms with Crippen molar-refractivity contribution in [2.75, 3.05) is 0 Å². The molecule has 5 heteroatoms. The van der Waals surface area contributed by atoms with Gasteiger partial charge in [0.05, 0.1) is 0 Å². The van der Waals surface area contributed by atoms with E-state index in [-0.39, 0.29) is 5.82 Å². The third-order valence-electron chi connectivity index (χ3n) is 3.16. The Hall–Kier alpha value is -3.34. The Morgan fingerprint density at radius 1 is 1.12 bits per heavy atom. The van der Waals surface area contributed by atoms with Gasteiger partial charge in [-0.1, -0.05) is 30.9 Å². The van der Waals surface area contributed by atoms with Crippen LogP contribution in [-0.4, -0.2) is 11.1 Å². The van der Waals surface area contributed by atoms with Crippen molar-refractivity contribution < 1.29 is 19.0 Å². The molecule has 2 aromatic carbocycles. The predicted molar refractivity (Wildman–Crippen MR) is 94.8 cm³/mol. The molecule has 0 amide bonds. The highest BCUT2D eigenvalue weighted by Gasteiger charge is 2.00. The average molecular weight is 339 g/mol. The molecule has 0 fully saturated rings. The van der Waals surface area contributed by atoms with Crippen molar-refractivity contribution in [1.82, 2.24) is 5.32 Å². The molecule has 0 aliphatic carbocycles. The average Bonchev–Trinajstić information content (AvgIpc) is 2.60. The van der Waals surface area contributed by atoms with Gasteiger partial charge in [-0.2, -0.15) is 0 Å². The van der Waals surface area contributed by atoms with Gasteiger partial charge in [0.1, 0.15) is 17.3 Å². The van der Waals surface area contributed by atoms with Gasteiger partial charge >= 0.3 is 5.97 Å². The lowest BCUT2D eigenvalue weighted by atomic mass is 10.2. The number of ether oxygens (including phenoxy) is 1. The molecule has 0 saturated heterocycles. The highest BCUT2D eigenvalue weighted by Crippen LogP contribution is 2.21. The summed E-state index contributed by atoms with van der Waals surface area (Å²) in [5, 5.41) is 11.9. The molecule has 0 saturated carbocycles. The molecule has 2 N–H and O–H groups in total. The van der Waals surface area contributed by atoms with Crippen LogP contribution in [0.4, 0.5) is 4.39 Å². The van der Waals surface area contributed by atoms with Crippen LogP contribution in [0.2, 0.25) is 0 Å². The largest absolute Gasteiger partial charge is 0.478 e. The molecule has 0 aromatic heterocycles. The van der Waals surface area contributed by atoms with Gasteiger partial charge in [0, 0.05) is 18.3 Å². The van der Waals surface area contributed by atoms with Crippen molar-refractivity contribution in [3.05, 3.63) is 96.5 Å². The Kier molecular flexibility index (Phi) is 6.54. The number of rotatable bonds is 8. The first-order valence-electron chi connectivity index (χ1n) is 7.57. The van der Waals surface area contributed by atoms with E-state index in [1.807, 2.05) is 12.1 Å². The first kappa shape index (κ1) is 18.0. The molecule has 25 heavy (non-hydrogen) atoms. The number of hydrogen-bond acceptors (Lipinski definition) is 3. The highest BCUT2D eigenvalue weighted by atomic mass is 19.1. The van der Waals surface area contributed by atoms with E-state index in [9.17, 15) is 9.18 Å². The number of halogens is 1. The molecule has 4 nitrogen and oxygen atoms in total. The van der Waals surface area contributed by atoms with Gasteiger partial charge in [0.25, 0.3) is 0 Å². The molecule has 128 valence electrons. The minimum absolute atomic E-state index is 0.315. The van der Waals surface area contributed by atoms with E-state index in [1.54, 1.807) is 42.5 Å². The Morgan fingerprint density at radius 2 is 1.72 bits per heavy atom. The number of allylic oxidation sites excluding steroid dienone is 3. The van der Waals surface area contributed by atoms with Crippen molar-refractivity contribution in [2.45, 2.75) is 6.54 Å². The number of aliphatic carboxylic acids is 1. The van der Waals surface area contributed by atoms with Crippen molar-refractivity contribution in [3.63, 3.8) is 0 Å². The summed E-state index contributed by atoms with van der Waals surface area (Å²) < 4.78 is 18.5. The van der Waals surface area contributed by atoms with Gasteiger partial charge in [-0.3, -0.25) is 0 Å². The summed E-state index contributed by atoms with van der Waals surface area (Å²) in [7, 11) is 0. The van der Waals surface area contributed by atoms with Crippen LogP contribution in [0.1, 0.15) is 5.56 Å². The van der Waals surface area contributed by atoms with Gasteiger partial charge in [-0.15, -0.1) is 0 Å². The molecule has 0 aliphatic heterocycles. The van der Waals surface area contributed by atoms with Crippen LogP contribution in [0.3, 0.4) is 0 Å². The van der Waals surface area contributed by atoms with Crippen molar-refractivity contribution in [1.29, 1.82) is 0 Å². The van der Waals surface area contributed by atoms with E-state index in [0.29, 0.717) is 23.7 Å². The summed E-state index contributed by atoms with van der Waals surface area (Å²) in [4.78, 5) is 10.8. The molecule has 2 aromatic rings. The van der Waals surface area contributed by atoms with E-state index >= 15 is 0 Å². The summed E-state index contributed by atoms with van der Waals surface area (Å²) in [6, 6.07) is 13.1. The van der Waals surface area contributed by atoms with E-state index in [2.05, 4.69) is 11.9 Å². The van der Waals surface area contributed by atoms with Gasteiger partial charge in [-0.05, 0) is 48.0 Å². The third-order valence-corrected chi connectivity index (χ3v) is 3.16. The number of carbonyl (C=O) groups is 1. The molecule has 0 bridgehead atoms. The fourth-order valence-electron chi connectivity index (χ4n) is 1.98. The predicted octanol–water partition coefficient (Wildman–Crippen LogP) is 4.42. The lowest BCUT2D eigenvalue weighted by molar-refractivity contribution is -0.131. The molecular formula is C20H18FNO3. The second kappa shape index (κ2) is 9.08. The fraction of sp³-hybridized carbons (Fsp3) is 0.0500. The molecule has 0 atom stereocenters. The Bertz CT molecular complexity index is 778. The molecule has 0 radical (unpaired) electrons. The van der Waals surface area contributed by atoms with Crippen LogP contribution in [0.15, 0.2) is 85.1 Å². The van der Waals surface area contributed by atoms with Crippen LogP contribution in [-0.2, 0) is 11.3 Å². The molecule has 0 spiro atoms. The minimum Gasteiger partial charge on any atom is -0.478 e. The van der Waals surface area contributed by atoms with Gasteiger partial charge < -0.3 is 15.2 Å². The number of hydrogen-bond donors (Lipinski definition) is 2. The van der Waals surface area contributed by atoms with Crippen LogP contribution in [0, 0.1) is 5.82 Å². The van der Waals surface area contributed by atoms with Crippen molar-refractivity contribution >= 4 is 5.97 Å². The normalized spacial score (nSPS) is 11.3. The topological polar surface area (TPSA) is 58.6 Å². The second-order valence-corrected chi connectivity index (χ2v) is 5.09. The summed E-state index contributed by atoms with van der Waals surface area (Å²) in [6.07, 6.45) is 5.94. The van der Waals surface area contributed by atoms with E-state index in [0.717, 1.165) is 11.6 Å². The molecule has 0 heterocycles. The van der Waals surface area contributed by atoms with Crippen LogP contribution in [0.25, 0.3) is 0 Å². The Labute approximate surface area is 145 Å². The number of carboxylic acids is 1. The lowest BCUT2D eigenvalue weighted by Gasteiger charge is -2.09. The van der Waals surface area contributed by atoms with E-state index < -0.39 is 5.97 Å². The van der Waals surface area contributed by atoms with Gasteiger partial charge in [-0.25, -0.2) is 9.18 Å². The maximum absolute atomic E-state index is 12.9. The maximum atomic E-state index is 12.9. The summed E-state index contributed by atoms with van der Waals surface area (Å²) >= 11 is 0. The number of nitrogens with one attached hydrogen (secondary N) is 1. The first-order valence-corrected chi connectivity index (χ1v) is 7.57. The second-order valence-electron chi connectivity index (χ2n) is 5.09. The van der Waals surface area contributed by atoms with Crippen LogP contribution < -0.4 is 10.1 Å². The fourth-order valence-corrected chi connectivity index (χ4v) is 1.98. The summed E-state index contributed by atoms with van der Waals surface area (Å²) in [6.45, 7) is 4.01. The summed E-state index contributed by atoms with van der Waals surface area (Å²) in [5.41, 5.74) is 1.42. The monoisotopic (exact) mass is 339 g/mol. The molecule has 2 rings (SSSR count). The van der Waals surface area contributed by atoms with Crippen molar-refractivity contribution in [2.24, 2.45) is 0 Å². The van der Waals surface area contributed by atoms with Gasteiger partial charge in [0.2, 0.25) is 0 Å². The number of carboxylic acid groups (broad SMARTS) is 1. The highest BCUT2D eigenvalue weighted by molar-refractivity contribution is 5.81. The van der Waals surface area contributed by atoms with E-state index in [1.165, 1.54) is 12.1 Å². The summed E-state index contributed by atoms with van der Waals surface area (Å²) in [5.74, 6) is -0.166. The van der Waals surface area contributed by atoms with Crippen LogP contribution in [0.5, 0.6) is 11.5 Å². The van der Waals surface area contributed by atoms with Crippen molar-refractivity contribution in [3.8, 4) is 11.5 Å². The SMILES string of the molecule is C=C/C=C\C(=C\C(=O)O)NCc1ccc(Oc2ccc(F)cc2)cc1. The standard InChI is InChI=1S/C20H18FNO3/c1-2-3-4-17(13-20(23)24)22-14-15-5-9-18(10-6-15)25-19-11-7-16(21)8-12-19/h2-13,22H,1,14H2,(H,23,24)/b4-3-,17-13-. The van der Waals surface area contributed by atoms with Gasteiger partial charge in [0.15, 0.2) is 0 Å². The first-order chi connectivity index (χ1) is 12.1. The quantitative estimate of drug-likeness (QED) is 0.552. The zero-order valence-electron chi connectivity index (χ0n) is 13.5. The van der Waals surface area contributed by atoms with E-state index in [4.69, 9.17) is 9.84 Å².